The summed E-state index contributed by atoms with van der Waals surface area (Å²) in [5.74, 6) is 0.607. The van der Waals surface area contributed by atoms with E-state index in [4.69, 9.17) is 0 Å². The average Bonchev–Trinajstić information content (AvgIpc) is 2.19. The SMILES string of the molecule is CN=CN(C)C1=C(C)C(C(C)(C)C)=CC(C)C1. The van der Waals surface area contributed by atoms with E-state index in [1.807, 2.05) is 13.4 Å². The number of allylic oxidation sites excluding steroid dienone is 4. The van der Waals surface area contributed by atoms with Crippen molar-refractivity contribution in [1.82, 2.24) is 4.90 Å². The second kappa shape index (κ2) is 5.07. The highest BCUT2D eigenvalue weighted by Gasteiger charge is 2.26. The van der Waals surface area contributed by atoms with Gasteiger partial charge in [0.15, 0.2) is 0 Å². The molecule has 2 heteroatoms. The first kappa shape index (κ1) is 14.0. The zero-order chi connectivity index (χ0) is 13.2. The van der Waals surface area contributed by atoms with Crippen LogP contribution in [0.5, 0.6) is 0 Å². The van der Waals surface area contributed by atoms with Crippen LogP contribution in [0.25, 0.3) is 0 Å². The lowest BCUT2D eigenvalue weighted by Gasteiger charge is -2.34. The average molecular weight is 234 g/mol. The summed E-state index contributed by atoms with van der Waals surface area (Å²) in [6.45, 7) is 11.4. The zero-order valence-electron chi connectivity index (χ0n) is 12.3. The minimum Gasteiger partial charge on any atom is -0.339 e. The van der Waals surface area contributed by atoms with E-state index in [1.165, 1.54) is 16.8 Å². The number of hydrogen-bond acceptors (Lipinski definition) is 1. The summed E-state index contributed by atoms with van der Waals surface area (Å²) in [6, 6.07) is 0. The van der Waals surface area contributed by atoms with Gasteiger partial charge in [-0.15, -0.1) is 0 Å². The maximum atomic E-state index is 4.10. The Labute approximate surface area is 106 Å². The Morgan fingerprint density at radius 2 is 2.00 bits per heavy atom. The second-order valence-electron chi connectivity index (χ2n) is 6.07. The van der Waals surface area contributed by atoms with Crippen LogP contribution in [-0.4, -0.2) is 25.3 Å². The molecule has 0 aromatic carbocycles. The molecule has 1 unspecified atom stereocenters. The molecule has 1 atom stereocenters. The van der Waals surface area contributed by atoms with Gasteiger partial charge in [0.25, 0.3) is 0 Å². The molecule has 0 amide bonds. The lowest BCUT2D eigenvalue weighted by Crippen LogP contribution is -2.25. The minimum absolute atomic E-state index is 0.216. The van der Waals surface area contributed by atoms with Gasteiger partial charge in [0, 0.05) is 19.8 Å². The molecule has 0 fully saturated rings. The molecule has 0 aliphatic heterocycles. The van der Waals surface area contributed by atoms with Crippen LogP contribution in [-0.2, 0) is 0 Å². The lowest BCUT2D eigenvalue weighted by molar-refractivity contribution is 0.469. The molecule has 0 aromatic heterocycles. The van der Waals surface area contributed by atoms with Gasteiger partial charge in [0.1, 0.15) is 0 Å². The van der Waals surface area contributed by atoms with Crippen LogP contribution in [0.1, 0.15) is 41.0 Å². The van der Waals surface area contributed by atoms with Crippen molar-refractivity contribution in [1.29, 1.82) is 0 Å². The second-order valence-corrected chi connectivity index (χ2v) is 6.07. The predicted molar refractivity (Wildman–Crippen MR) is 76.2 cm³/mol. The van der Waals surface area contributed by atoms with Crippen LogP contribution >= 0.6 is 0 Å². The Morgan fingerprint density at radius 1 is 1.41 bits per heavy atom. The monoisotopic (exact) mass is 234 g/mol. The molecule has 1 rings (SSSR count). The predicted octanol–water partition coefficient (Wildman–Crippen LogP) is 3.86. The number of hydrogen-bond donors (Lipinski definition) is 0. The number of aliphatic imine (C=N–C) groups is 1. The third-order valence-electron chi connectivity index (χ3n) is 3.33. The molecule has 2 nitrogen and oxygen atoms in total. The van der Waals surface area contributed by atoms with E-state index >= 15 is 0 Å². The summed E-state index contributed by atoms with van der Waals surface area (Å²) in [4.78, 5) is 6.26. The first-order valence-corrected chi connectivity index (χ1v) is 6.35. The maximum absolute atomic E-state index is 4.10. The van der Waals surface area contributed by atoms with E-state index in [0.29, 0.717) is 5.92 Å². The van der Waals surface area contributed by atoms with Crippen molar-refractivity contribution in [2.75, 3.05) is 14.1 Å². The molecule has 0 bridgehead atoms. The Morgan fingerprint density at radius 3 is 2.47 bits per heavy atom. The van der Waals surface area contributed by atoms with E-state index in [0.717, 1.165) is 6.42 Å². The van der Waals surface area contributed by atoms with E-state index in [2.05, 4.69) is 57.6 Å². The van der Waals surface area contributed by atoms with E-state index in [9.17, 15) is 0 Å². The third-order valence-corrected chi connectivity index (χ3v) is 3.33. The summed E-state index contributed by atoms with van der Waals surface area (Å²) in [7, 11) is 3.91. The zero-order valence-corrected chi connectivity index (χ0v) is 12.3. The topological polar surface area (TPSA) is 15.6 Å². The maximum Gasteiger partial charge on any atom is 0.0885 e. The Balaban J connectivity index is 3.17. The standard InChI is InChI=1S/C15H26N2/c1-11-8-13(15(3,4)5)12(2)14(9-11)17(7)10-16-6/h8,10-11H,9H2,1-7H3. The van der Waals surface area contributed by atoms with Gasteiger partial charge in [0.05, 0.1) is 6.34 Å². The first-order valence-electron chi connectivity index (χ1n) is 6.35. The van der Waals surface area contributed by atoms with Gasteiger partial charge in [-0.05, 0) is 35.8 Å². The quantitative estimate of drug-likeness (QED) is 0.523. The molecule has 0 N–H and O–H groups in total. The van der Waals surface area contributed by atoms with Crippen LogP contribution < -0.4 is 0 Å². The van der Waals surface area contributed by atoms with Gasteiger partial charge in [-0.25, -0.2) is 0 Å². The van der Waals surface area contributed by atoms with Crippen LogP contribution in [0, 0.1) is 11.3 Å². The molecular weight excluding hydrogens is 208 g/mol. The fourth-order valence-corrected chi connectivity index (χ4v) is 2.55. The number of rotatable bonds is 2. The molecule has 1 aliphatic carbocycles. The third kappa shape index (κ3) is 3.21. The Bertz CT molecular complexity index is 367. The van der Waals surface area contributed by atoms with E-state index < -0.39 is 0 Å². The molecule has 0 aromatic rings. The molecule has 0 saturated heterocycles. The summed E-state index contributed by atoms with van der Waals surface area (Å²) in [5.41, 5.74) is 4.50. The molecular formula is C15H26N2. The van der Waals surface area contributed by atoms with Crippen molar-refractivity contribution >= 4 is 6.34 Å². The van der Waals surface area contributed by atoms with Gasteiger partial charge in [0.2, 0.25) is 0 Å². The molecule has 0 saturated carbocycles. The summed E-state index contributed by atoms with van der Waals surface area (Å²) in [6.07, 6.45) is 5.43. The normalized spacial score (nSPS) is 22.1. The van der Waals surface area contributed by atoms with Crippen LogP contribution in [0.2, 0.25) is 0 Å². The van der Waals surface area contributed by atoms with Crippen molar-refractivity contribution in [3.63, 3.8) is 0 Å². The smallest absolute Gasteiger partial charge is 0.0885 e. The van der Waals surface area contributed by atoms with Gasteiger partial charge in [-0.1, -0.05) is 33.8 Å². The summed E-state index contributed by atoms with van der Waals surface area (Å²) >= 11 is 0. The Hall–Kier alpha value is -1.05. The fourth-order valence-electron chi connectivity index (χ4n) is 2.55. The van der Waals surface area contributed by atoms with Crippen LogP contribution in [0.15, 0.2) is 27.9 Å². The van der Waals surface area contributed by atoms with Gasteiger partial charge in [-0.2, -0.15) is 0 Å². The van der Waals surface area contributed by atoms with Gasteiger partial charge < -0.3 is 4.90 Å². The van der Waals surface area contributed by atoms with E-state index in [1.54, 1.807) is 0 Å². The van der Waals surface area contributed by atoms with Crippen molar-refractivity contribution in [3.05, 3.63) is 22.9 Å². The highest BCUT2D eigenvalue weighted by atomic mass is 15.1. The molecule has 0 heterocycles. The van der Waals surface area contributed by atoms with E-state index in [-0.39, 0.29) is 5.41 Å². The van der Waals surface area contributed by atoms with Crippen molar-refractivity contribution < 1.29 is 0 Å². The first-order chi connectivity index (χ1) is 7.77. The van der Waals surface area contributed by atoms with Gasteiger partial charge in [-0.3, -0.25) is 4.99 Å². The van der Waals surface area contributed by atoms with Crippen LogP contribution in [0.3, 0.4) is 0 Å². The van der Waals surface area contributed by atoms with Gasteiger partial charge >= 0.3 is 0 Å². The van der Waals surface area contributed by atoms with Crippen molar-refractivity contribution in [3.8, 4) is 0 Å². The molecule has 1 aliphatic rings. The minimum atomic E-state index is 0.216. The molecule has 0 spiro atoms. The molecule has 17 heavy (non-hydrogen) atoms. The lowest BCUT2D eigenvalue weighted by atomic mass is 9.76. The summed E-state index contributed by atoms with van der Waals surface area (Å²) < 4.78 is 0. The largest absolute Gasteiger partial charge is 0.339 e. The van der Waals surface area contributed by atoms with Crippen molar-refractivity contribution in [2.45, 2.75) is 41.0 Å². The van der Waals surface area contributed by atoms with Crippen LogP contribution in [0.4, 0.5) is 0 Å². The fraction of sp³-hybridized carbons (Fsp3) is 0.667. The number of nitrogens with zero attached hydrogens (tertiary/aromatic N) is 2. The highest BCUT2D eigenvalue weighted by Crippen LogP contribution is 2.39. The molecule has 0 radical (unpaired) electrons. The molecule has 96 valence electrons. The summed E-state index contributed by atoms with van der Waals surface area (Å²) in [5, 5.41) is 0. The van der Waals surface area contributed by atoms with Crippen molar-refractivity contribution in [2.24, 2.45) is 16.3 Å². The Kier molecular flexibility index (Phi) is 4.18. The highest BCUT2D eigenvalue weighted by molar-refractivity contribution is 5.59.